The van der Waals surface area contributed by atoms with Crippen molar-refractivity contribution in [1.29, 1.82) is 5.41 Å². The summed E-state index contributed by atoms with van der Waals surface area (Å²) in [6.07, 6.45) is 7.21. The number of aromatic hydroxyl groups is 1. The number of fused-ring (bicyclic) bond motifs is 1. The number of carbonyl (C=O) groups excluding carboxylic acids is 1. The Kier molecular flexibility index (Phi) is 10.4. The first-order valence-electron chi connectivity index (χ1n) is 14.5. The predicted octanol–water partition coefficient (Wildman–Crippen LogP) is 4.48. The van der Waals surface area contributed by atoms with Crippen LogP contribution >= 0.6 is 0 Å². The molecule has 0 bridgehead atoms. The van der Waals surface area contributed by atoms with Gasteiger partial charge in [-0.1, -0.05) is 37.3 Å². The maximum atomic E-state index is 11.9. The fourth-order valence-corrected chi connectivity index (χ4v) is 5.58. The minimum absolute atomic E-state index is 0.142. The monoisotopic (exact) mass is 560 g/mol. The molecule has 4 rings (SSSR count). The third-order valence-corrected chi connectivity index (χ3v) is 8.20. The summed E-state index contributed by atoms with van der Waals surface area (Å²) in [5.41, 5.74) is 2.56. The lowest BCUT2D eigenvalue weighted by molar-refractivity contribution is -0.124. The highest BCUT2D eigenvalue weighted by molar-refractivity contribution is 5.99. The van der Waals surface area contributed by atoms with Crippen LogP contribution in [-0.4, -0.2) is 104 Å². The molecule has 1 atom stereocenters. The smallest absolute Gasteiger partial charge is 0.245 e. The van der Waals surface area contributed by atoms with Gasteiger partial charge in [-0.25, -0.2) is 4.99 Å². The topological polar surface area (TPSA) is 95.7 Å². The number of ether oxygens (including phenoxy) is 1. The number of phenols is 1. The van der Waals surface area contributed by atoms with E-state index in [2.05, 4.69) is 29.4 Å². The Hall–Kier alpha value is -3.85. The third-order valence-electron chi connectivity index (χ3n) is 8.20. The van der Waals surface area contributed by atoms with Gasteiger partial charge < -0.3 is 24.5 Å². The number of anilines is 1. The zero-order valence-corrected chi connectivity index (χ0v) is 24.7. The van der Waals surface area contributed by atoms with Gasteiger partial charge in [0.25, 0.3) is 0 Å². The van der Waals surface area contributed by atoms with Gasteiger partial charge in [-0.15, -0.1) is 0 Å². The van der Waals surface area contributed by atoms with Crippen LogP contribution in [0.15, 0.2) is 65.3 Å². The lowest BCUT2D eigenvalue weighted by Crippen LogP contribution is -2.40. The van der Waals surface area contributed by atoms with E-state index in [1.54, 1.807) is 24.1 Å². The van der Waals surface area contributed by atoms with Gasteiger partial charge in [0.2, 0.25) is 5.91 Å². The average Bonchev–Trinajstić information content (AvgIpc) is 2.99. The molecule has 1 amide bonds. The van der Waals surface area contributed by atoms with Crippen molar-refractivity contribution in [2.75, 3.05) is 64.9 Å². The SMILES string of the molecule is C=CC(=O)N(C)CCN(C)C(=N)C1=C(N=COCCN2CCCC[C@@H]2C)CN(c2cc(O)cc3ccccc23)CC1. The Morgan fingerprint density at radius 3 is 2.76 bits per heavy atom. The van der Waals surface area contributed by atoms with Crippen LogP contribution in [0, 0.1) is 5.41 Å². The number of hydrogen-bond donors (Lipinski definition) is 2. The van der Waals surface area contributed by atoms with Crippen LogP contribution in [0.5, 0.6) is 5.75 Å². The van der Waals surface area contributed by atoms with Crippen molar-refractivity contribution >= 4 is 34.6 Å². The second kappa shape index (κ2) is 14.2. The number of carbonyl (C=O) groups is 1. The molecule has 0 aliphatic carbocycles. The van der Waals surface area contributed by atoms with E-state index in [0.717, 1.165) is 40.8 Å². The summed E-state index contributed by atoms with van der Waals surface area (Å²) in [6, 6.07) is 12.2. The van der Waals surface area contributed by atoms with Crippen LogP contribution in [-0.2, 0) is 9.53 Å². The first kappa shape index (κ1) is 30.1. The highest BCUT2D eigenvalue weighted by atomic mass is 16.5. The average molecular weight is 561 g/mol. The normalized spacial score (nSPS) is 18.1. The molecule has 0 unspecified atom stereocenters. The predicted molar refractivity (Wildman–Crippen MR) is 167 cm³/mol. The molecular weight excluding hydrogens is 516 g/mol. The Balaban J connectivity index is 1.52. The van der Waals surface area contributed by atoms with E-state index < -0.39 is 0 Å². The summed E-state index contributed by atoms with van der Waals surface area (Å²) >= 11 is 0. The molecule has 2 aliphatic rings. The molecule has 1 saturated heterocycles. The van der Waals surface area contributed by atoms with Crippen LogP contribution in [0.4, 0.5) is 5.69 Å². The maximum absolute atomic E-state index is 11.9. The van der Waals surface area contributed by atoms with Crippen LogP contribution in [0.2, 0.25) is 0 Å². The standard InChI is InChI=1S/C32H44N6O3/c1-5-31(40)35(3)16-17-36(4)32(33)28-13-15-38(30-21-26(39)20-25-11-6-7-12-27(25)30)22-29(28)34-23-41-19-18-37-14-9-8-10-24(37)2/h5-7,11-12,20-21,23-24,33,39H,1,8-10,13-19,22H2,2-4H3/t24-/m0/s1. The lowest BCUT2D eigenvalue weighted by Gasteiger charge is -2.34. The van der Waals surface area contributed by atoms with Gasteiger partial charge in [-0.3, -0.25) is 15.1 Å². The molecule has 2 aliphatic heterocycles. The van der Waals surface area contributed by atoms with E-state index in [4.69, 9.17) is 15.1 Å². The lowest BCUT2D eigenvalue weighted by atomic mass is 10.0. The van der Waals surface area contributed by atoms with Crippen molar-refractivity contribution in [3.8, 4) is 5.75 Å². The fourth-order valence-electron chi connectivity index (χ4n) is 5.58. The molecule has 2 N–H and O–H groups in total. The number of phenolic OH excluding ortho intramolecular Hbond substituents is 1. The Labute approximate surface area is 243 Å². The first-order valence-corrected chi connectivity index (χ1v) is 14.5. The number of amidine groups is 1. The molecule has 0 spiro atoms. The van der Waals surface area contributed by atoms with Crippen molar-refractivity contribution in [2.24, 2.45) is 4.99 Å². The number of hydrogen-bond acceptors (Lipinski definition) is 7. The molecule has 1 fully saturated rings. The van der Waals surface area contributed by atoms with Gasteiger partial charge in [-0.05, 0) is 50.3 Å². The van der Waals surface area contributed by atoms with Crippen molar-refractivity contribution in [1.82, 2.24) is 14.7 Å². The number of likely N-dealkylation sites (N-methyl/N-ethyl adjacent to an activating group) is 2. The van der Waals surface area contributed by atoms with E-state index in [9.17, 15) is 9.90 Å². The van der Waals surface area contributed by atoms with Gasteiger partial charge >= 0.3 is 0 Å². The van der Waals surface area contributed by atoms with Crippen molar-refractivity contribution < 1.29 is 14.6 Å². The van der Waals surface area contributed by atoms with Crippen LogP contribution < -0.4 is 4.90 Å². The molecule has 9 heteroatoms. The van der Waals surface area contributed by atoms with Gasteiger partial charge in [-0.2, -0.15) is 0 Å². The Morgan fingerprint density at radius 2 is 1.98 bits per heavy atom. The van der Waals surface area contributed by atoms with Crippen molar-refractivity contribution in [3.05, 3.63) is 60.3 Å². The quantitative estimate of drug-likeness (QED) is 0.182. The van der Waals surface area contributed by atoms with Gasteiger partial charge in [0.05, 0.1) is 12.2 Å². The number of nitrogens with zero attached hydrogens (tertiary/aromatic N) is 5. The zero-order valence-electron chi connectivity index (χ0n) is 24.7. The first-order chi connectivity index (χ1) is 19.8. The van der Waals surface area contributed by atoms with Crippen LogP contribution in [0.25, 0.3) is 10.8 Å². The molecule has 41 heavy (non-hydrogen) atoms. The number of aliphatic imine (C=N–C) groups is 1. The molecule has 9 nitrogen and oxygen atoms in total. The van der Waals surface area contributed by atoms with Crippen molar-refractivity contribution in [3.63, 3.8) is 0 Å². The van der Waals surface area contributed by atoms with Crippen LogP contribution in [0.3, 0.4) is 0 Å². The second-order valence-electron chi connectivity index (χ2n) is 11.0. The van der Waals surface area contributed by atoms with Gasteiger partial charge in [0.15, 0.2) is 6.40 Å². The second-order valence-corrected chi connectivity index (χ2v) is 11.0. The number of nitrogens with one attached hydrogen (secondary N) is 1. The molecule has 0 radical (unpaired) electrons. The van der Waals surface area contributed by atoms with E-state index in [-0.39, 0.29) is 11.7 Å². The molecule has 2 aromatic carbocycles. The third kappa shape index (κ3) is 7.67. The minimum atomic E-state index is -0.142. The van der Waals surface area contributed by atoms with Gasteiger partial charge in [0.1, 0.15) is 18.2 Å². The molecule has 0 aromatic heterocycles. The summed E-state index contributed by atoms with van der Waals surface area (Å²) in [4.78, 5) is 24.8. The van der Waals surface area contributed by atoms with E-state index >= 15 is 0 Å². The van der Waals surface area contributed by atoms with Crippen LogP contribution in [0.1, 0.15) is 32.6 Å². The summed E-state index contributed by atoms with van der Waals surface area (Å²) in [5, 5.41) is 21.5. The molecule has 2 aromatic rings. The Morgan fingerprint density at radius 1 is 1.20 bits per heavy atom. The summed E-state index contributed by atoms with van der Waals surface area (Å²) in [7, 11) is 3.60. The van der Waals surface area contributed by atoms with E-state index in [1.807, 2.05) is 30.1 Å². The molecule has 2 heterocycles. The molecule has 0 saturated carbocycles. The number of piperidine rings is 1. The minimum Gasteiger partial charge on any atom is -0.508 e. The number of rotatable bonds is 11. The largest absolute Gasteiger partial charge is 0.508 e. The molecule has 220 valence electrons. The van der Waals surface area contributed by atoms with E-state index in [1.165, 1.54) is 31.7 Å². The summed E-state index contributed by atoms with van der Waals surface area (Å²) in [6.45, 7) is 10.5. The fraction of sp³-hybridized carbons (Fsp3) is 0.469. The molecular formula is C32H44N6O3. The number of likely N-dealkylation sites (tertiary alicyclic amines) is 1. The Bertz CT molecular complexity index is 1310. The highest BCUT2D eigenvalue weighted by Gasteiger charge is 2.25. The maximum Gasteiger partial charge on any atom is 0.245 e. The van der Waals surface area contributed by atoms with Gasteiger partial charge in [0, 0.05) is 69.0 Å². The number of benzene rings is 2. The summed E-state index contributed by atoms with van der Waals surface area (Å²) < 4.78 is 5.86. The van der Waals surface area contributed by atoms with Crippen molar-refractivity contribution in [2.45, 2.75) is 38.6 Å². The highest BCUT2D eigenvalue weighted by Crippen LogP contribution is 2.34. The number of amides is 1. The summed E-state index contributed by atoms with van der Waals surface area (Å²) in [5.74, 6) is 0.468. The van der Waals surface area contributed by atoms with E-state index in [0.29, 0.717) is 51.1 Å². The zero-order chi connectivity index (χ0) is 29.4.